The van der Waals surface area contributed by atoms with Gasteiger partial charge in [0.1, 0.15) is 11.6 Å². The lowest BCUT2D eigenvalue weighted by Gasteiger charge is -2.10. The molecule has 0 bridgehead atoms. The number of non-ortho nitro benzene ring substituents is 1. The number of nitro benzene ring substituents is 1. The van der Waals surface area contributed by atoms with Crippen LogP contribution in [-0.4, -0.2) is 17.9 Å². The molecule has 0 aliphatic heterocycles. The molecule has 0 saturated carbocycles. The summed E-state index contributed by atoms with van der Waals surface area (Å²) in [6.45, 7) is 0. The predicted molar refractivity (Wildman–Crippen MR) is 81.7 cm³/mol. The first-order chi connectivity index (χ1) is 10.4. The van der Waals surface area contributed by atoms with E-state index in [2.05, 4.69) is 21.2 Å². The molecule has 6 nitrogen and oxygen atoms in total. The summed E-state index contributed by atoms with van der Waals surface area (Å²) in [5, 5.41) is 13.3. The number of nitro groups is 1. The molecule has 0 aliphatic carbocycles. The number of benzene rings is 2. The largest absolute Gasteiger partial charge is 0.495 e. The highest BCUT2D eigenvalue weighted by Crippen LogP contribution is 2.29. The minimum absolute atomic E-state index is 0.0698. The van der Waals surface area contributed by atoms with E-state index in [1.165, 1.54) is 37.4 Å². The van der Waals surface area contributed by atoms with Gasteiger partial charge in [-0.05, 0) is 24.3 Å². The standard InChI is InChI=1S/C14H10BrFN2O4/c1-22-13-3-2-11(18(20)21)7-12(13)17-14(19)8-4-9(15)6-10(16)5-8/h2-7H,1H3,(H,17,19). The SMILES string of the molecule is COc1ccc([N+](=O)[O-])cc1NC(=O)c1cc(F)cc(Br)c1. The van der Waals surface area contributed by atoms with Crippen molar-refractivity contribution in [2.24, 2.45) is 0 Å². The van der Waals surface area contributed by atoms with Gasteiger partial charge in [0, 0.05) is 22.2 Å². The van der Waals surface area contributed by atoms with E-state index < -0.39 is 16.6 Å². The number of carbonyl (C=O) groups is 1. The Kier molecular flexibility index (Phi) is 4.71. The van der Waals surface area contributed by atoms with Crippen molar-refractivity contribution in [3.05, 3.63) is 62.4 Å². The van der Waals surface area contributed by atoms with Crippen LogP contribution in [0.1, 0.15) is 10.4 Å². The summed E-state index contributed by atoms with van der Waals surface area (Å²) >= 11 is 3.09. The second-order valence-electron chi connectivity index (χ2n) is 4.25. The lowest BCUT2D eigenvalue weighted by atomic mass is 10.2. The predicted octanol–water partition coefficient (Wildman–Crippen LogP) is 3.76. The molecule has 22 heavy (non-hydrogen) atoms. The topological polar surface area (TPSA) is 81.5 Å². The van der Waals surface area contributed by atoms with Crippen LogP contribution in [0.4, 0.5) is 15.8 Å². The zero-order valence-corrected chi connectivity index (χ0v) is 12.9. The molecule has 2 aromatic carbocycles. The lowest BCUT2D eigenvalue weighted by molar-refractivity contribution is -0.384. The Bertz CT molecular complexity index is 731. The summed E-state index contributed by atoms with van der Waals surface area (Å²) < 4.78 is 18.8. The van der Waals surface area contributed by atoms with E-state index in [0.29, 0.717) is 4.47 Å². The van der Waals surface area contributed by atoms with Gasteiger partial charge in [0.25, 0.3) is 11.6 Å². The number of rotatable bonds is 4. The van der Waals surface area contributed by atoms with E-state index in [-0.39, 0.29) is 22.7 Å². The number of anilines is 1. The fourth-order valence-corrected chi connectivity index (χ4v) is 2.25. The van der Waals surface area contributed by atoms with Crippen LogP contribution >= 0.6 is 15.9 Å². The Labute approximate surface area is 133 Å². The number of amides is 1. The fourth-order valence-electron chi connectivity index (χ4n) is 1.79. The maximum Gasteiger partial charge on any atom is 0.271 e. The molecule has 0 aliphatic rings. The first kappa shape index (κ1) is 15.9. The van der Waals surface area contributed by atoms with Crippen LogP contribution in [0.15, 0.2) is 40.9 Å². The molecule has 1 N–H and O–H groups in total. The van der Waals surface area contributed by atoms with E-state index >= 15 is 0 Å². The van der Waals surface area contributed by atoms with Crippen molar-refractivity contribution < 1.29 is 18.8 Å². The molecule has 0 heterocycles. The highest BCUT2D eigenvalue weighted by atomic mass is 79.9. The molecule has 0 saturated heterocycles. The van der Waals surface area contributed by atoms with Gasteiger partial charge in [-0.1, -0.05) is 15.9 Å². The Morgan fingerprint density at radius 1 is 1.32 bits per heavy atom. The van der Waals surface area contributed by atoms with Crippen molar-refractivity contribution in [3.63, 3.8) is 0 Å². The molecule has 0 unspecified atom stereocenters. The van der Waals surface area contributed by atoms with Gasteiger partial charge in [-0.25, -0.2) is 4.39 Å². The van der Waals surface area contributed by atoms with Crippen LogP contribution in [0.25, 0.3) is 0 Å². The van der Waals surface area contributed by atoms with Crippen LogP contribution < -0.4 is 10.1 Å². The second kappa shape index (κ2) is 6.52. The number of hydrogen-bond acceptors (Lipinski definition) is 4. The smallest absolute Gasteiger partial charge is 0.271 e. The van der Waals surface area contributed by atoms with Gasteiger partial charge < -0.3 is 10.1 Å². The highest BCUT2D eigenvalue weighted by molar-refractivity contribution is 9.10. The summed E-state index contributed by atoms with van der Waals surface area (Å²) in [4.78, 5) is 22.3. The Morgan fingerprint density at radius 2 is 2.05 bits per heavy atom. The molecular formula is C14H10BrFN2O4. The highest BCUT2D eigenvalue weighted by Gasteiger charge is 2.15. The third-order valence-corrected chi connectivity index (χ3v) is 3.22. The van der Waals surface area contributed by atoms with E-state index in [0.717, 1.165) is 6.07 Å². The van der Waals surface area contributed by atoms with Crippen LogP contribution in [0, 0.1) is 15.9 Å². The number of carbonyl (C=O) groups excluding carboxylic acids is 1. The number of nitrogens with one attached hydrogen (secondary N) is 1. The van der Waals surface area contributed by atoms with Gasteiger partial charge in [-0.3, -0.25) is 14.9 Å². The maximum absolute atomic E-state index is 13.3. The van der Waals surface area contributed by atoms with Crippen LogP contribution in [0.5, 0.6) is 5.75 Å². The molecule has 0 radical (unpaired) electrons. The van der Waals surface area contributed by atoms with Gasteiger partial charge in [0.2, 0.25) is 0 Å². The second-order valence-corrected chi connectivity index (χ2v) is 5.17. The van der Waals surface area contributed by atoms with E-state index in [9.17, 15) is 19.3 Å². The van der Waals surface area contributed by atoms with Crippen molar-refractivity contribution in [2.45, 2.75) is 0 Å². The van der Waals surface area contributed by atoms with Crippen LogP contribution in [0.3, 0.4) is 0 Å². The maximum atomic E-state index is 13.3. The summed E-state index contributed by atoms with van der Waals surface area (Å²) in [5.74, 6) is -0.932. The molecule has 2 aromatic rings. The molecular weight excluding hydrogens is 359 g/mol. The number of hydrogen-bond donors (Lipinski definition) is 1. The number of nitrogens with zero attached hydrogens (tertiary/aromatic N) is 1. The normalized spacial score (nSPS) is 10.1. The monoisotopic (exact) mass is 368 g/mol. The third-order valence-electron chi connectivity index (χ3n) is 2.77. The summed E-state index contributed by atoms with van der Waals surface area (Å²) in [6, 6.07) is 7.50. The van der Waals surface area contributed by atoms with Crippen molar-refractivity contribution in [2.75, 3.05) is 12.4 Å². The lowest BCUT2D eigenvalue weighted by Crippen LogP contribution is -2.13. The molecule has 2 rings (SSSR count). The molecule has 0 fully saturated rings. The fraction of sp³-hybridized carbons (Fsp3) is 0.0714. The molecule has 0 aromatic heterocycles. The average molecular weight is 369 g/mol. The summed E-state index contributed by atoms with van der Waals surface area (Å²) in [6.07, 6.45) is 0. The number of halogens is 2. The van der Waals surface area contributed by atoms with Crippen molar-refractivity contribution >= 4 is 33.2 Å². The van der Waals surface area contributed by atoms with Gasteiger partial charge >= 0.3 is 0 Å². The Morgan fingerprint density at radius 3 is 2.64 bits per heavy atom. The number of ether oxygens (including phenoxy) is 1. The average Bonchev–Trinajstić information content (AvgIpc) is 2.46. The molecule has 0 spiro atoms. The first-order valence-corrected chi connectivity index (χ1v) is 6.80. The first-order valence-electron chi connectivity index (χ1n) is 6.00. The summed E-state index contributed by atoms with van der Waals surface area (Å²) in [7, 11) is 1.37. The number of methoxy groups -OCH3 is 1. The Balaban J connectivity index is 2.34. The van der Waals surface area contributed by atoms with Gasteiger partial charge in [-0.2, -0.15) is 0 Å². The van der Waals surface area contributed by atoms with Crippen molar-refractivity contribution in [3.8, 4) is 5.75 Å². The zero-order valence-electron chi connectivity index (χ0n) is 11.3. The third kappa shape index (κ3) is 3.59. The minimum atomic E-state index is -0.612. The quantitative estimate of drug-likeness (QED) is 0.657. The molecule has 114 valence electrons. The van der Waals surface area contributed by atoms with Gasteiger partial charge in [0.05, 0.1) is 17.7 Å². The van der Waals surface area contributed by atoms with Crippen LogP contribution in [0.2, 0.25) is 0 Å². The van der Waals surface area contributed by atoms with E-state index in [1.807, 2.05) is 0 Å². The Hall–Kier alpha value is -2.48. The van der Waals surface area contributed by atoms with Gasteiger partial charge in [-0.15, -0.1) is 0 Å². The summed E-state index contributed by atoms with van der Waals surface area (Å²) in [5.41, 5.74) is -0.000888. The van der Waals surface area contributed by atoms with Crippen LogP contribution in [-0.2, 0) is 0 Å². The molecule has 0 atom stereocenters. The molecule has 1 amide bonds. The van der Waals surface area contributed by atoms with Gasteiger partial charge in [0.15, 0.2) is 0 Å². The van der Waals surface area contributed by atoms with Crippen molar-refractivity contribution in [1.82, 2.24) is 0 Å². The zero-order chi connectivity index (χ0) is 16.3. The van der Waals surface area contributed by atoms with E-state index in [1.54, 1.807) is 0 Å². The van der Waals surface area contributed by atoms with Crippen molar-refractivity contribution in [1.29, 1.82) is 0 Å². The minimum Gasteiger partial charge on any atom is -0.495 e. The molecule has 8 heteroatoms. The van der Waals surface area contributed by atoms with E-state index in [4.69, 9.17) is 4.74 Å².